The van der Waals surface area contributed by atoms with Gasteiger partial charge in [0.1, 0.15) is 6.04 Å². The van der Waals surface area contributed by atoms with Gasteiger partial charge in [0.25, 0.3) is 0 Å². The lowest BCUT2D eigenvalue weighted by Gasteiger charge is -2.10. The molecule has 0 aromatic heterocycles. The van der Waals surface area contributed by atoms with Gasteiger partial charge < -0.3 is 0 Å². The number of hydrogen-bond acceptors (Lipinski definition) is 2. The van der Waals surface area contributed by atoms with Gasteiger partial charge >= 0.3 is 6.18 Å². The molecule has 0 bridgehead atoms. The molecule has 0 saturated heterocycles. The smallest absolute Gasteiger partial charge is 0.271 e. The molecule has 1 N–H and O–H groups in total. The summed E-state index contributed by atoms with van der Waals surface area (Å²) in [6.07, 6.45) is -3.48. The standard InChI is InChI=1S/C4H3F3N2/c5-4(6,7)3-1-8-2-9-3/h1,3,9H. The number of alkyl halides is 3. The predicted molar refractivity (Wildman–Crippen MR) is 24.7 cm³/mol. The second kappa shape index (κ2) is 1.98. The molecule has 0 spiro atoms. The molecular formula is C4H3F3N2. The Kier molecular flexibility index (Phi) is 1.44. The molecular weight excluding hydrogens is 133 g/mol. The highest BCUT2D eigenvalue weighted by Crippen LogP contribution is 2.20. The summed E-state index contributed by atoms with van der Waals surface area (Å²) in [7, 11) is 0. The Morgan fingerprint density at radius 3 is 2.44 bits per heavy atom. The minimum Gasteiger partial charge on any atom is -0.271 e. The van der Waals surface area contributed by atoms with E-state index in [4.69, 9.17) is 0 Å². The summed E-state index contributed by atoms with van der Waals surface area (Å²) < 4.78 is 34.7. The molecule has 9 heavy (non-hydrogen) atoms. The molecule has 1 rings (SSSR count). The van der Waals surface area contributed by atoms with E-state index in [-0.39, 0.29) is 0 Å². The van der Waals surface area contributed by atoms with E-state index in [0.29, 0.717) is 0 Å². The summed E-state index contributed by atoms with van der Waals surface area (Å²) in [5.74, 6) is 0. The highest BCUT2D eigenvalue weighted by atomic mass is 19.4. The van der Waals surface area contributed by atoms with Gasteiger partial charge in [-0.3, -0.25) is 10.3 Å². The number of aliphatic imine (C=N–C) groups is 1. The van der Waals surface area contributed by atoms with Crippen molar-refractivity contribution in [1.82, 2.24) is 5.32 Å². The van der Waals surface area contributed by atoms with E-state index in [1.807, 2.05) is 12.0 Å². The van der Waals surface area contributed by atoms with Crippen LogP contribution in [0.4, 0.5) is 13.2 Å². The minimum absolute atomic E-state index is 0.764. The molecule has 1 unspecified atom stereocenters. The molecule has 0 fully saturated rings. The van der Waals surface area contributed by atoms with E-state index in [2.05, 4.69) is 4.99 Å². The van der Waals surface area contributed by atoms with Gasteiger partial charge in [-0.2, -0.15) is 13.2 Å². The van der Waals surface area contributed by atoms with Crippen molar-refractivity contribution in [2.75, 3.05) is 0 Å². The van der Waals surface area contributed by atoms with Crippen LogP contribution in [0.1, 0.15) is 0 Å². The molecule has 1 aliphatic rings. The maximum absolute atomic E-state index is 11.6. The Labute approximate surface area is 49.8 Å². The van der Waals surface area contributed by atoms with Crippen LogP contribution in [0, 0.1) is 6.67 Å². The monoisotopic (exact) mass is 136 g/mol. The summed E-state index contributed by atoms with van der Waals surface area (Å²) in [6, 6.07) is -1.64. The van der Waals surface area contributed by atoms with Crippen LogP contribution in [0.3, 0.4) is 0 Å². The van der Waals surface area contributed by atoms with Gasteiger partial charge in [0.15, 0.2) is 6.67 Å². The second-order valence-electron chi connectivity index (χ2n) is 1.55. The third kappa shape index (κ3) is 1.41. The van der Waals surface area contributed by atoms with Crippen LogP contribution >= 0.6 is 0 Å². The van der Waals surface area contributed by atoms with Gasteiger partial charge in [0.05, 0.1) is 0 Å². The largest absolute Gasteiger partial charge is 0.408 e. The zero-order chi connectivity index (χ0) is 6.91. The number of nitrogens with zero attached hydrogens (tertiary/aromatic N) is 1. The minimum atomic E-state index is -4.24. The van der Waals surface area contributed by atoms with Crippen LogP contribution in [0.25, 0.3) is 0 Å². The van der Waals surface area contributed by atoms with Crippen molar-refractivity contribution in [2.24, 2.45) is 4.99 Å². The molecule has 0 amide bonds. The summed E-state index contributed by atoms with van der Waals surface area (Å²) >= 11 is 0. The van der Waals surface area contributed by atoms with Crippen molar-refractivity contribution in [2.45, 2.75) is 12.2 Å². The lowest BCUT2D eigenvalue weighted by Crippen LogP contribution is -2.38. The zero-order valence-corrected chi connectivity index (χ0v) is 4.24. The first-order valence-electron chi connectivity index (χ1n) is 2.21. The van der Waals surface area contributed by atoms with Crippen molar-refractivity contribution in [1.29, 1.82) is 0 Å². The molecule has 0 aromatic carbocycles. The van der Waals surface area contributed by atoms with Gasteiger partial charge in [0, 0.05) is 6.21 Å². The van der Waals surface area contributed by atoms with Gasteiger partial charge in [-0.25, -0.2) is 0 Å². The van der Waals surface area contributed by atoms with Gasteiger partial charge in [-0.1, -0.05) is 0 Å². The van der Waals surface area contributed by atoms with Gasteiger partial charge in [0.2, 0.25) is 0 Å². The van der Waals surface area contributed by atoms with Gasteiger partial charge in [-0.15, -0.1) is 0 Å². The van der Waals surface area contributed by atoms with Crippen LogP contribution in [0.15, 0.2) is 4.99 Å². The van der Waals surface area contributed by atoms with Crippen LogP contribution in [-0.2, 0) is 0 Å². The summed E-state index contributed by atoms with van der Waals surface area (Å²) in [5.41, 5.74) is 0. The van der Waals surface area contributed by atoms with E-state index in [1.165, 1.54) is 0 Å². The molecule has 50 valence electrons. The van der Waals surface area contributed by atoms with Crippen molar-refractivity contribution < 1.29 is 13.2 Å². The fourth-order valence-corrected chi connectivity index (χ4v) is 0.422. The summed E-state index contributed by atoms with van der Waals surface area (Å²) in [4.78, 5) is 3.13. The fourth-order valence-electron chi connectivity index (χ4n) is 0.422. The third-order valence-corrected chi connectivity index (χ3v) is 0.861. The van der Waals surface area contributed by atoms with E-state index < -0.39 is 12.2 Å². The average molecular weight is 136 g/mol. The van der Waals surface area contributed by atoms with E-state index in [9.17, 15) is 13.2 Å². The Balaban J connectivity index is 2.53. The predicted octanol–water partition coefficient (Wildman–Crippen LogP) is 0.588. The first kappa shape index (κ1) is 6.54. The Morgan fingerprint density at radius 1 is 1.56 bits per heavy atom. The zero-order valence-electron chi connectivity index (χ0n) is 4.24. The van der Waals surface area contributed by atoms with Crippen LogP contribution in [0.2, 0.25) is 0 Å². The maximum atomic E-state index is 11.6. The molecule has 0 aliphatic carbocycles. The van der Waals surface area contributed by atoms with Crippen LogP contribution in [-0.4, -0.2) is 18.4 Å². The van der Waals surface area contributed by atoms with Crippen molar-refractivity contribution >= 4 is 6.21 Å². The number of hydrogen-bond donors (Lipinski definition) is 1. The fraction of sp³-hybridized carbons (Fsp3) is 0.500. The maximum Gasteiger partial charge on any atom is 0.408 e. The van der Waals surface area contributed by atoms with Crippen molar-refractivity contribution in [3.05, 3.63) is 6.67 Å². The van der Waals surface area contributed by atoms with Gasteiger partial charge in [-0.05, 0) is 0 Å². The average Bonchev–Trinajstić information content (AvgIpc) is 2.08. The highest BCUT2D eigenvalue weighted by molar-refractivity contribution is 5.68. The normalized spacial score (nSPS) is 27.2. The first-order valence-corrected chi connectivity index (χ1v) is 2.21. The number of nitrogens with one attached hydrogen (secondary N) is 1. The Bertz CT molecular complexity index is 128. The molecule has 1 atom stereocenters. The van der Waals surface area contributed by atoms with Crippen LogP contribution in [0.5, 0.6) is 0 Å². The van der Waals surface area contributed by atoms with E-state index in [0.717, 1.165) is 6.21 Å². The van der Waals surface area contributed by atoms with Crippen molar-refractivity contribution in [3.8, 4) is 0 Å². The quantitative estimate of drug-likeness (QED) is 0.517. The first-order chi connectivity index (χ1) is 4.11. The lowest BCUT2D eigenvalue weighted by molar-refractivity contribution is -0.136. The summed E-state index contributed by atoms with van der Waals surface area (Å²) in [6.45, 7) is 1.98. The number of rotatable bonds is 0. The Morgan fingerprint density at radius 2 is 2.22 bits per heavy atom. The topological polar surface area (TPSA) is 24.4 Å². The molecule has 5 heteroatoms. The molecule has 0 saturated carbocycles. The molecule has 2 nitrogen and oxygen atoms in total. The lowest BCUT2D eigenvalue weighted by atomic mass is 10.3. The molecule has 1 aliphatic heterocycles. The summed E-state index contributed by atoms with van der Waals surface area (Å²) in [5, 5.41) is 1.90. The number of halogens is 3. The molecule has 2 radical (unpaired) electrons. The SMILES string of the molecule is FC(F)(F)C1C=N[C]N1. The van der Waals surface area contributed by atoms with Crippen LogP contribution < -0.4 is 5.32 Å². The van der Waals surface area contributed by atoms with E-state index in [1.54, 1.807) is 0 Å². The van der Waals surface area contributed by atoms with Crippen molar-refractivity contribution in [3.63, 3.8) is 0 Å². The second-order valence-corrected chi connectivity index (χ2v) is 1.55. The third-order valence-electron chi connectivity index (χ3n) is 0.861. The Hall–Kier alpha value is -0.580. The highest BCUT2D eigenvalue weighted by Gasteiger charge is 2.39. The molecule has 1 heterocycles. The van der Waals surface area contributed by atoms with E-state index >= 15 is 0 Å². The molecule has 0 aromatic rings.